The summed E-state index contributed by atoms with van der Waals surface area (Å²) in [5.74, 6) is 1.39. The molecule has 0 fully saturated rings. The normalized spacial score (nSPS) is 12.6. The molecule has 1 unspecified atom stereocenters. The first-order chi connectivity index (χ1) is 9.19. The number of aromatic nitrogens is 2. The molecule has 2 aromatic rings. The quantitative estimate of drug-likeness (QED) is 0.866. The van der Waals surface area contributed by atoms with Gasteiger partial charge >= 0.3 is 0 Å². The molecule has 0 aliphatic carbocycles. The maximum atomic E-state index is 5.08. The van der Waals surface area contributed by atoms with Gasteiger partial charge in [0, 0.05) is 19.0 Å². The van der Waals surface area contributed by atoms with Crippen LogP contribution >= 0.6 is 0 Å². The summed E-state index contributed by atoms with van der Waals surface area (Å²) in [7, 11) is 0. The summed E-state index contributed by atoms with van der Waals surface area (Å²) in [6, 6.07) is 9.08. The Balaban J connectivity index is 1.81. The van der Waals surface area contributed by atoms with E-state index in [1.807, 2.05) is 6.92 Å². The van der Waals surface area contributed by atoms with Crippen molar-refractivity contribution in [3.63, 3.8) is 0 Å². The SMILES string of the molecule is CCc1ccc(C(C)NCCc2nc(C)no2)cc1. The molecular formula is C15H21N3O. The molecule has 102 valence electrons. The Morgan fingerprint density at radius 1 is 1.26 bits per heavy atom. The second-order valence-corrected chi connectivity index (χ2v) is 4.76. The third kappa shape index (κ3) is 3.89. The minimum absolute atomic E-state index is 0.329. The predicted molar refractivity (Wildman–Crippen MR) is 75.0 cm³/mol. The Hall–Kier alpha value is -1.68. The highest BCUT2D eigenvalue weighted by Crippen LogP contribution is 2.13. The summed E-state index contributed by atoms with van der Waals surface area (Å²) in [6.45, 7) is 7.00. The first-order valence-corrected chi connectivity index (χ1v) is 6.80. The van der Waals surface area contributed by atoms with E-state index in [4.69, 9.17) is 4.52 Å². The molecule has 2 rings (SSSR count). The summed E-state index contributed by atoms with van der Waals surface area (Å²) in [6.07, 6.45) is 1.84. The molecule has 0 bridgehead atoms. The summed E-state index contributed by atoms with van der Waals surface area (Å²) in [5.41, 5.74) is 2.68. The molecule has 0 aliphatic heterocycles. The largest absolute Gasteiger partial charge is 0.339 e. The second-order valence-electron chi connectivity index (χ2n) is 4.76. The molecule has 1 aromatic carbocycles. The fraction of sp³-hybridized carbons (Fsp3) is 0.467. The van der Waals surface area contributed by atoms with Crippen LogP contribution in [0, 0.1) is 6.92 Å². The van der Waals surface area contributed by atoms with E-state index in [0.717, 1.165) is 19.4 Å². The monoisotopic (exact) mass is 259 g/mol. The molecule has 4 nitrogen and oxygen atoms in total. The molecule has 0 saturated heterocycles. The molecule has 0 radical (unpaired) electrons. The van der Waals surface area contributed by atoms with Gasteiger partial charge in [-0.15, -0.1) is 0 Å². The van der Waals surface area contributed by atoms with Crippen LogP contribution in [0.15, 0.2) is 28.8 Å². The molecule has 0 aliphatic rings. The highest BCUT2D eigenvalue weighted by Gasteiger charge is 2.06. The Kier molecular flexibility index (Phi) is 4.68. The summed E-state index contributed by atoms with van der Waals surface area (Å²) >= 11 is 0. The van der Waals surface area contributed by atoms with Crippen LogP contribution in [0.1, 0.15) is 42.7 Å². The average molecular weight is 259 g/mol. The fourth-order valence-corrected chi connectivity index (χ4v) is 2.00. The molecule has 1 atom stereocenters. The molecule has 0 saturated carbocycles. The van der Waals surface area contributed by atoms with Gasteiger partial charge in [0.05, 0.1) is 0 Å². The number of hydrogen-bond acceptors (Lipinski definition) is 4. The molecule has 1 aromatic heterocycles. The van der Waals surface area contributed by atoms with E-state index in [-0.39, 0.29) is 0 Å². The van der Waals surface area contributed by atoms with Crippen molar-refractivity contribution in [3.8, 4) is 0 Å². The number of nitrogens with one attached hydrogen (secondary N) is 1. The lowest BCUT2D eigenvalue weighted by Crippen LogP contribution is -2.21. The molecule has 19 heavy (non-hydrogen) atoms. The lowest BCUT2D eigenvalue weighted by atomic mass is 10.1. The minimum Gasteiger partial charge on any atom is -0.339 e. The minimum atomic E-state index is 0.329. The zero-order valence-electron chi connectivity index (χ0n) is 11.8. The van der Waals surface area contributed by atoms with Crippen molar-refractivity contribution in [2.75, 3.05) is 6.54 Å². The molecule has 1 heterocycles. The van der Waals surface area contributed by atoms with Gasteiger partial charge in [-0.05, 0) is 31.4 Å². The van der Waals surface area contributed by atoms with Crippen molar-refractivity contribution in [2.45, 2.75) is 39.7 Å². The Morgan fingerprint density at radius 2 is 2.00 bits per heavy atom. The first-order valence-electron chi connectivity index (χ1n) is 6.80. The third-order valence-electron chi connectivity index (χ3n) is 3.25. The Bertz CT molecular complexity index is 504. The zero-order chi connectivity index (χ0) is 13.7. The van der Waals surface area contributed by atoms with Crippen LogP contribution in [0.4, 0.5) is 0 Å². The number of nitrogens with zero attached hydrogens (tertiary/aromatic N) is 2. The number of benzene rings is 1. The molecule has 0 spiro atoms. The van der Waals surface area contributed by atoms with E-state index < -0.39 is 0 Å². The number of aryl methyl sites for hydroxylation is 2. The van der Waals surface area contributed by atoms with Crippen LogP contribution < -0.4 is 5.32 Å². The average Bonchev–Trinajstić information content (AvgIpc) is 2.84. The molecule has 1 N–H and O–H groups in total. The molecule has 4 heteroatoms. The van der Waals surface area contributed by atoms with Crippen LogP contribution in [0.5, 0.6) is 0 Å². The van der Waals surface area contributed by atoms with Crippen molar-refractivity contribution < 1.29 is 4.52 Å². The number of rotatable bonds is 6. The summed E-state index contributed by atoms with van der Waals surface area (Å²) < 4.78 is 5.08. The second kappa shape index (κ2) is 6.48. The summed E-state index contributed by atoms with van der Waals surface area (Å²) in [4.78, 5) is 4.19. The van der Waals surface area contributed by atoms with E-state index in [1.54, 1.807) is 0 Å². The van der Waals surface area contributed by atoms with Crippen LogP contribution in [-0.2, 0) is 12.8 Å². The van der Waals surface area contributed by atoms with Gasteiger partial charge in [-0.3, -0.25) is 0 Å². The maximum absolute atomic E-state index is 5.08. The summed E-state index contributed by atoms with van der Waals surface area (Å²) in [5, 5.41) is 7.24. The fourth-order valence-electron chi connectivity index (χ4n) is 2.00. The zero-order valence-corrected chi connectivity index (χ0v) is 11.8. The lowest BCUT2D eigenvalue weighted by Gasteiger charge is -2.13. The van der Waals surface area contributed by atoms with Gasteiger partial charge in [0.2, 0.25) is 5.89 Å². The van der Waals surface area contributed by atoms with Gasteiger partial charge in [-0.25, -0.2) is 0 Å². The van der Waals surface area contributed by atoms with Gasteiger partial charge in [-0.1, -0.05) is 36.3 Å². The van der Waals surface area contributed by atoms with Gasteiger partial charge in [0.15, 0.2) is 5.82 Å². The Morgan fingerprint density at radius 3 is 2.58 bits per heavy atom. The highest BCUT2D eigenvalue weighted by atomic mass is 16.5. The van der Waals surface area contributed by atoms with Crippen LogP contribution in [0.25, 0.3) is 0 Å². The van der Waals surface area contributed by atoms with Crippen molar-refractivity contribution in [2.24, 2.45) is 0 Å². The molecular weight excluding hydrogens is 238 g/mol. The van der Waals surface area contributed by atoms with E-state index in [1.165, 1.54) is 11.1 Å². The van der Waals surface area contributed by atoms with Crippen molar-refractivity contribution >= 4 is 0 Å². The van der Waals surface area contributed by atoms with Crippen molar-refractivity contribution in [3.05, 3.63) is 47.1 Å². The topological polar surface area (TPSA) is 51.0 Å². The maximum Gasteiger partial charge on any atom is 0.227 e. The van der Waals surface area contributed by atoms with E-state index in [0.29, 0.717) is 17.8 Å². The predicted octanol–water partition coefficient (Wildman–Crippen LogP) is 2.83. The number of hydrogen-bond donors (Lipinski definition) is 1. The van der Waals surface area contributed by atoms with E-state index in [9.17, 15) is 0 Å². The van der Waals surface area contributed by atoms with Crippen LogP contribution in [-0.4, -0.2) is 16.7 Å². The first kappa shape index (κ1) is 13.7. The van der Waals surface area contributed by atoms with Gasteiger partial charge < -0.3 is 9.84 Å². The van der Waals surface area contributed by atoms with Crippen LogP contribution in [0.2, 0.25) is 0 Å². The van der Waals surface area contributed by atoms with Gasteiger partial charge in [0.25, 0.3) is 0 Å². The van der Waals surface area contributed by atoms with Crippen molar-refractivity contribution in [1.29, 1.82) is 0 Å². The standard InChI is InChI=1S/C15H21N3O/c1-4-13-5-7-14(8-6-13)11(2)16-10-9-15-17-12(3)18-19-15/h5-8,11,16H,4,9-10H2,1-3H3. The van der Waals surface area contributed by atoms with Gasteiger partial charge in [-0.2, -0.15) is 4.98 Å². The van der Waals surface area contributed by atoms with Gasteiger partial charge in [0.1, 0.15) is 0 Å². The highest BCUT2D eigenvalue weighted by molar-refractivity contribution is 5.24. The Labute approximate surface area is 114 Å². The third-order valence-corrected chi connectivity index (χ3v) is 3.25. The van der Waals surface area contributed by atoms with E-state index >= 15 is 0 Å². The molecule has 0 amide bonds. The van der Waals surface area contributed by atoms with Crippen molar-refractivity contribution in [1.82, 2.24) is 15.5 Å². The smallest absolute Gasteiger partial charge is 0.227 e. The lowest BCUT2D eigenvalue weighted by molar-refractivity contribution is 0.370. The van der Waals surface area contributed by atoms with E-state index in [2.05, 4.69) is 53.6 Å². The van der Waals surface area contributed by atoms with Crippen LogP contribution in [0.3, 0.4) is 0 Å².